The topological polar surface area (TPSA) is 22.8 Å². The van der Waals surface area contributed by atoms with Gasteiger partial charge in [-0.25, -0.2) is 0 Å². The summed E-state index contributed by atoms with van der Waals surface area (Å²) >= 11 is 0. The normalized spacial score (nSPS) is 11.6. The van der Waals surface area contributed by atoms with Crippen molar-refractivity contribution in [3.8, 4) is 33.6 Å². The third kappa shape index (κ3) is 3.73. The number of benzene rings is 6. The van der Waals surface area contributed by atoms with Crippen molar-refractivity contribution in [3.05, 3.63) is 164 Å². The van der Waals surface area contributed by atoms with Gasteiger partial charge in [0.05, 0.1) is 27.6 Å². The molecule has 3 heteroatoms. The van der Waals surface area contributed by atoms with Crippen molar-refractivity contribution in [2.24, 2.45) is 0 Å². The van der Waals surface area contributed by atoms with Crippen LogP contribution in [0.1, 0.15) is 0 Å². The van der Waals surface area contributed by atoms with Crippen LogP contribution in [0.5, 0.6) is 0 Å². The minimum absolute atomic E-state index is 1.00. The first kappa shape index (κ1) is 24.6. The maximum Gasteiger partial charge on any atom is 0.0985 e. The van der Waals surface area contributed by atoms with Crippen molar-refractivity contribution >= 4 is 43.7 Å². The lowest BCUT2D eigenvalue weighted by atomic mass is 10.1. The zero-order valence-corrected chi connectivity index (χ0v) is 23.9. The lowest BCUT2D eigenvalue weighted by Crippen LogP contribution is -1.99. The highest BCUT2D eigenvalue weighted by molar-refractivity contribution is 6.22. The zero-order chi connectivity index (χ0) is 29.0. The second-order valence-corrected chi connectivity index (χ2v) is 11.3. The maximum atomic E-state index is 5.15. The van der Waals surface area contributed by atoms with Crippen LogP contribution < -0.4 is 0 Å². The first-order valence-electron chi connectivity index (χ1n) is 15.0. The van der Waals surface area contributed by atoms with E-state index in [0.29, 0.717) is 0 Å². The Morgan fingerprint density at radius 3 is 1.45 bits per heavy atom. The Bertz CT molecular complexity index is 2310. The molecule has 0 fully saturated rings. The molecular weight excluding hydrogens is 534 g/mol. The Hall–Kier alpha value is -5.93. The highest BCUT2D eigenvalue weighted by Crippen LogP contribution is 2.41. The second kappa shape index (κ2) is 9.82. The van der Waals surface area contributed by atoms with Crippen molar-refractivity contribution < 1.29 is 0 Å². The molecule has 3 nitrogen and oxygen atoms in total. The van der Waals surface area contributed by atoms with Crippen LogP contribution in [0.4, 0.5) is 0 Å². The Morgan fingerprint density at radius 2 is 0.841 bits per heavy atom. The molecule has 0 saturated carbocycles. The highest BCUT2D eigenvalue weighted by atomic mass is 15.1. The average molecular weight is 562 g/mol. The van der Waals surface area contributed by atoms with E-state index in [1.165, 1.54) is 27.6 Å². The number of fused-ring (bicyclic) bond motifs is 7. The minimum Gasteiger partial charge on any atom is -0.307 e. The van der Waals surface area contributed by atoms with Crippen LogP contribution in [-0.4, -0.2) is 14.1 Å². The quantitative estimate of drug-likeness (QED) is 0.210. The smallest absolute Gasteiger partial charge is 0.0985 e. The molecule has 0 atom stereocenters. The first-order chi connectivity index (χ1) is 21.8. The molecule has 9 rings (SSSR count). The maximum absolute atomic E-state index is 5.15. The minimum atomic E-state index is 1.00. The van der Waals surface area contributed by atoms with Crippen LogP contribution in [-0.2, 0) is 0 Å². The molecule has 3 aromatic heterocycles. The molecule has 0 amide bonds. The molecule has 0 aliphatic heterocycles. The van der Waals surface area contributed by atoms with Crippen LogP contribution in [0.3, 0.4) is 0 Å². The number of hydrogen-bond acceptors (Lipinski definition) is 1. The standard InChI is InChI=1S/C41H27N3/c1-3-13-28(14-4-1)30-17-11-19-32(25-30)43-37-23-9-7-21-34(37)36-27-42-39-35-22-8-10-24-38(35)44(41(39)40(36)43)33-20-12-18-31(26-33)29-15-5-2-6-16-29/h1-27H. The predicted octanol–water partition coefficient (Wildman–Crippen LogP) is 10.6. The van der Waals surface area contributed by atoms with Crippen LogP contribution >= 0.6 is 0 Å². The average Bonchev–Trinajstić information content (AvgIpc) is 3.62. The van der Waals surface area contributed by atoms with Gasteiger partial charge in [0.25, 0.3) is 0 Å². The van der Waals surface area contributed by atoms with E-state index in [4.69, 9.17) is 4.98 Å². The lowest BCUT2D eigenvalue weighted by Gasteiger charge is -2.14. The van der Waals surface area contributed by atoms with E-state index in [0.717, 1.165) is 49.7 Å². The molecule has 0 N–H and O–H groups in total. The summed E-state index contributed by atoms with van der Waals surface area (Å²) in [5, 5.41) is 3.47. The van der Waals surface area contributed by atoms with Gasteiger partial charge in [-0.15, -0.1) is 0 Å². The van der Waals surface area contributed by atoms with Gasteiger partial charge in [-0.3, -0.25) is 4.98 Å². The fraction of sp³-hybridized carbons (Fsp3) is 0. The van der Waals surface area contributed by atoms with Gasteiger partial charge < -0.3 is 9.13 Å². The molecule has 0 aliphatic carbocycles. The van der Waals surface area contributed by atoms with Crippen LogP contribution in [0, 0.1) is 0 Å². The molecule has 3 heterocycles. The summed E-state index contributed by atoms with van der Waals surface area (Å²) in [6, 6.07) is 56.2. The van der Waals surface area contributed by atoms with E-state index in [1.807, 2.05) is 0 Å². The number of rotatable bonds is 4. The van der Waals surface area contributed by atoms with Gasteiger partial charge in [-0.2, -0.15) is 0 Å². The van der Waals surface area contributed by atoms with Gasteiger partial charge in [-0.05, 0) is 58.7 Å². The van der Waals surface area contributed by atoms with E-state index >= 15 is 0 Å². The van der Waals surface area contributed by atoms with E-state index in [2.05, 4.69) is 173 Å². The molecule has 0 aliphatic rings. The van der Waals surface area contributed by atoms with Crippen molar-refractivity contribution in [1.29, 1.82) is 0 Å². The Kier molecular flexibility index (Phi) is 5.50. The van der Waals surface area contributed by atoms with Crippen molar-refractivity contribution in [1.82, 2.24) is 14.1 Å². The fourth-order valence-corrected chi connectivity index (χ4v) is 6.78. The summed E-state index contributed by atoms with van der Waals surface area (Å²) < 4.78 is 4.83. The van der Waals surface area contributed by atoms with Crippen LogP contribution in [0.2, 0.25) is 0 Å². The van der Waals surface area contributed by atoms with Gasteiger partial charge in [-0.1, -0.05) is 121 Å². The summed E-state index contributed by atoms with van der Waals surface area (Å²) in [6.45, 7) is 0. The summed E-state index contributed by atoms with van der Waals surface area (Å²) in [6.07, 6.45) is 2.06. The van der Waals surface area contributed by atoms with Gasteiger partial charge in [0, 0.05) is 33.7 Å². The number of aromatic nitrogens is 3. The highest BCUT2D eigenvalue weighted by Gasteiger charge is 2.22. The Balaban J connectivity index is 1.42. The predicted molar refractivity (Wildman–Crippen MR) is 184 cm³/mol. The van der Waals surface area contributed by atoms with Crippen molar-refractivity contribution in [3.63, 3.8) is 0 Å². The zero-order valence-electron chi connectivity index (χ0n) is 23.9. The third-order valence-corrected chi connectivity index (χ3v) is 8.73. The number of pyridine rings is 1. The summed E-state index contributed by atoms with van der Waals surface area (Å²) in [7, 11) is 0. The largest absolute Gasteiger partial charge is 0.307 e. The molecule has 9 aromatic rings. The fourth-order valence-electron chi connectivity index (χ4n) is 6.78. The van der Waals surface area contributed by atoms with E-state index in [1.54, 1.807) is 0 Å². The molecular formula is C41H27N3. The summed E-state index contributed by atoms with van der Waals surface area (Å²) in [4.78, 5) is 5.15. The molecule has 0 saturated heterocycles. The van der Waals surface area contributed by atoms with Gasteiger partial charge in [0.15, 0.2) is 0 Å². The van der Waals surface area contributed by atoms with Crippen LogP contribution in [0.25, 0.3) is 77.4 Å². The summed E-state index contributed by atoms with van der Waals surface area (Å²) in [5.41, 5.74) is 12.6. The van der Waals surface area contributed by atoms with Crippen molar-refractivity contribution in [2.75, 3.05) is 0 Å². The first-order valence-corrected chi connectivity index (χ1v) is 15.0. The van der Waals surface area contributed by atoms with Gasteiger partial charge >= 0.3 is 0 Å². The van der Waals surface area contributed by atoms with E-state index in [9.17, 15) is 0 Å². The number of hydrogen-bond donors (Lipinski definition) is 0. The second-order valence-electron chi connectivity index (χ2n) is 11.3. The van der Waals surface area contributed by atoms with Gasteiger partial charge in [0.2, 0.25) is 0 Å². The third-order valence-electron chi connectivity index (χ3n) is 8.73. The Labute approximate surface area is 254 Å². The SMILES string of the molecule is c1ccc(-c2cccc(-n3c4ccccc4c4cnc5c6ccccc6n(-c6cccc(-c7ccccc7)c6)c5c43)c2)cc1. The molecule has 44 heavy (non-hydrogen) atoms. The monoisotopic (exact) mass is 561 g/mol. The molecule has 0 bridgehead atoms. The number of nitrogens with zero attached hydrogens (tertiary/aromatic N) is 3. The van der Waals surface area contributed by atoms with E-state index < -0.39 is 0 Å². The van der Waals surface area contributed by atoms with Crippen molar-refractivity contribution in [2.45, 2.75) is 0 Å². The molecule has 6 aromatic carbocycles. The molecule has 0 radical (unpaired) electrons. The Morgan fingerprint density at radius 1 is 0.364 bits per heavy atom. The number of para-hydroxylation sites is 2. The summed E-state index contributed by atoms with van der Waals surface area (Å²) in [5.74, 6) is 0. The van der Waals surface area contributed by atoms with E-state index in [-0.39, 0.29) is 0 Å². The van der Waals surface area contributed by atoms with Crippen LogP contribution in [0.15, 0.2) is 164 Å². The molecule has 0 spiro atoms. The molecule has 206 valence electrons. The lowest BCUT2D eigenvalue weighted by molar-refractivity contribution is 1.15. The molecule has 0 unspecified atom stereocenters. The van der Waals surface area contributed by atoms with Gasteiger partial charge in [0.1, 0.15) is 0 Å².